The van der Waals surface area contributed by atoms with Gasteiger partial charge in [-0.05, 0) is 44.5 Å². The zero-order valence-electron chi connectivity index (χ0n) is 11.1. The highest BCUT2D eigenvalue weighted by Gasteiger charge is 2.24. The molecule has 1 aromatic carbocycles. The Bertz CT molecular complexity index is 498. The molecule has 0 aromatic heterocycles. The summed E-state index contributed by atoms with van der Waals surface area (Å²) in [5.74, 6) is -0.843. The second kappa shape index (κ2) is 6.17. The van der Waals surface area contributed by atoms with Crippen molar-refractivity contribution >= 4 is 23.6 Å². The molecule has 2 N–H and O–H groups in total. The maximum Gasteiger partial charge on any atom is 0.244 e. The predicted octanol–water partition coefficient (Wildman–Crippen LogP) is 2.77. The van der Waals surface area contributed by atoms with Crippen molar-refractivity contribution < 1.29 is 14.3 Å². The van der Waals surface area contributed by atoms with Crippen LogP contribution >= 0.6 is 11.6 Å². The van der Waals surface area contributed by atoms with E-state index < -0.39 is 17.5 Å². The SMILES string of the molecule is CC(O)C(C)(C)NC(=O)/C=C/c1ccc(F)c(Cl)c1. The lowest BCUT2D eigenvalue weighted by Gasteiger charge is -2.28. The summed E-state index contributed by atoms with van der Waals surface area (Å²) in [6.07, 6.45) is 2.16. The molecule has 0 saturated heterocycles. The largest absolute Gasteiger partial charge is 0.391 e. The summed E-state index contributed by atoms with van der Waals surface area (Å²) < 4.78 is 12.9. The molecule has 0 fully saturated rings. The minimum Gasteiger partial charge on any atom is -0.391 e. The molecule has 0 radical (unpaired) electrons. The van der Waals surface area contributed by atoms with Gasteiger partial charge < -0.3 is 10.4 Å². The van der Waals surface area contributed by atoms with Crippen molar-refractivity contribution in [2.75, 3.05) is 0 Å². The highest BCUT2D eigenvalue weighted by Crippen LogP contribution is 2.17. The van der Waals surface area contributed by atoms with Crippen LogP contribution in [0.4, 0.5) is 4.39 Å². The second-order valence-corrected chi connectivity index (χ2v) is 5.30. The van der Waals surface area contributed by atoms with Gasteiger partial charge in [-0.15, -0.1) is 0 Å². The first-order chi connectivity index (χ1) is 8.72. The maximum absolute atomic E-state index is 12.9. The fourth-order valence-electron chi connectivity index (χ4n) is 1.25. The third kappa shape index (κ3) is 4.65. The molecule has 1 aromatic rings. The zero-order chi connectivity index (χ0) is 14.6. The molecular formula is C14H17ClFNO2. The van der Waals surface area contributed by atoms with Crippen LogP contribution in [0.2, 0.25) is 5.02 Å². The summed E-state index contributed by atoms with van der Waals surface area (Å²) in [5.41, 5.74) is -0.0987. The van der Waals surface area contributed by atoms with Crippen molar-refractivity contribution in [1.82, 2.24) is 5.32 Å². The number of benzene rings is 1. The number of carbonyl (C=O) groups is 1. The molecule has 0 saturated carbocycles. The van der Waals surface area contributed by atoms with Crippen molar-refractivity contribution in [1.29, 1.82) is 0 Å². The van der Waals surface area contributed by atoms with Gasteiger partial charge in [-0.25, -0.2) is 4.39 Å². The van der Waals surface area contributed by atoms with Crippen molar-refractivity contribution in [3.05, 3.63) is 40.7 Å². The molecule has 0 aliphatic heterocycles. The van der Waals surface area contributed by atoms with E-state index in [1.807, 2.05) is 0 Å². The number of halogens is 2. The van der Waals surface area contributed by atoms with Gasteiger partial charge in [0, 0.05) is 6.08 Å². The summed E-state index contributed by atoms with van der Waals surface area (Å²) in [6.45, 7) is 5.04. The summed E-state index contributed by atoms with van der Waals surface area (Å²) >= 11 is 5.63. The lowest BCUT2D eigenvalue weighted by molar-refractivity contribution is -0.119. The minimum atomic E-state index is -0.720. The van der Waals surface area contributed by atoms with E-state index in [0.717, 1.165) is 0 Å². The molecule has 0 heterocycles. The van der Waals surface area contributed by atoms with Gasteiger partial charge >= 0.3 is 0 Å². The Labute approximate surface area is 117 Å². The average molecular weight is 286 g/mol. The molecule has 0 spiro atoms. The lowest BCUT2D eigenvalue weighted by atomic mass is 9.99. The lowest BCUT2D eigenvalue weighted by Crippen LogP contribution is -2.50. The van der Waals surface area contributed by atoms with E-state index in [2.05, 4.69) is 5.32 Å². The van der Waals surface area contributed by atoms with Gasteiger partial charge in [-0.1, -0.05) is 17.7 Å². The van der Waals surface area contributed by atoms with Gasteiger partial charge in [-0.3, -0.25) is 4.79 Å². The first kappa shape index (κ1) is 15.7. The fraction of sp³-hybridized carbons (Fsp3) is 0.357. The van der Waals surface area contributed by atoms with Gasteiger partial charge in [0.05, 0.1) is 16.7 Å². The van der Waals surface area contributed by atoms with Crippen LogP contribution in [-0.2, 0) is 4.79 Å². The smallest absolute Gasteiger partial charge is 0.244 e. The van der Waals surface area contributed by atoms with Crippen LogP contribution in [0.1, 0.15) is 26.3 Å². The number of hydrogen-bond donors (Lipinski definition) is 2. The van der Waals surface area contributed by atoms with E-state index in [1.165, 1.54) is 30.4 Å². The molecule has 0 aliphatic carbocycles. The first-order valence-corrected chi connectivity index (χ1v) is 6.23. The highest BCUT2D eigenvalue weighted by molar-refractivity contribution is 6.30. The summed E-state index contributed by atoms with van der Waals surface area (Å²) in [7, 11) is 0. The van der Waals surface area contributed by atoms with Gasteiger partial charge in [0.15, 0.2) is 0 Å². The maximum atomic E-state index is 12.9. The Morgan fingerprint density at radius 1 is 1.53 bits per heavy atom. The number of aliphatic hydroxyl groups is 1. The van der Waals surface area contributed by atoms with Gasteiger partial charge in [-0.2, -0.15) is 0 Å². The van der Waals surface area contributed by atoms with E-state index in [0.29, 0.717) is 5.56 Å². The highest BCUT2D eigenvalue weighted by atomic mass is 35.5. The van der Waals surface area contributed by atoms with E-state index >= 15 is 0 Å². The molecule has 0 bridgehead atoms. The normalized spacial score (nSPS) is 13.6. The molecule has 1 unspecified atom stereocenters. The van der Waals surface area contributed by atoms with E-state index in [9.17, 15) is 14.3 Å². The predicted molar refractivity (Wildman–Crippen MR) is 74.3 cm³/mol. The van der Waals surface area contributed by atoms with Crippen molar-refractivity contribution in [2.45, 2.75) is 32.4 Å². The molecule has 1 amide bonds. The van der Waals surface area contributed by atoms with Crippen LogP contribution in [0.25, 0.3) is 6.08 Å². The van der Waals surface area contributed by atoms with Crippen molar-refractivity contribution in [3.8, 4) is 0 Å². The summed E-state index contributed by atoms with van der Waals surface area (Å²) in [4.78, 5) is 11.7. The monoisotopic (exact) mass is 285 g/mol. The summed E-state index contributed by atoms with van der Waals surface area (Å²) in [6, 6.07) is 4.19. The zero-order valence-corrected chi connectivity index (χ0v) is 11.8. The molecule has 3 nitrogen and oxygen atoms in total. The van der Waals surface area contributed by atoms with Crippen LogP contribution in [0, 0.1) is 5.82 Å². The Balaban J connectivity index is 2.71. The van der Waals surface area contributed by atoms with E-state index in [4.69, 9.17) is 11.6 Å². The molecule has 0 aliphatic rings. The Morgan fingerprint density at radius 3 is 2.68 bits per heavy atom. The Hall–Kier alpha value is -1.39. The van der Waals surface area contributed by atoms with Crippen molar-refractivity contribution in [2.24, 2.45) is 0 Å². The quantitative estimate of drug-likeness (QED) is 0.836. The third-order valence-electron chi connectivity index (χ3n) is 2.86. The number of nitrogens with one attached hydrogen (secondary N) is 1. The fourth-order valence-corrected chi connectivity index (χ4v) is 1.44. The standard InChI is InChI=1S/C14H17ClFNO2/c1-9(18)14(2,3)17-13(19)7-5-10-4-6-12(16)11(15)8-10/h4-9,18H,1-3H3,(H,17,19)/b7-5+. The van der Waals surface area contributed by atoms with Crippen LogP contribution < -0.4 is 5.32 Å². The molecule has 1 atom stereocenters. The molecule has 5 heteroatoms. The Kier molecular flexibility index (Phi) is 5.09. The molecular weight excluding hydrogens is 269 g/mol. The third-order valence-corrected chi connectivity index (χ3v) is 3.15. The number of rotatable bonds is 4. The van der Waals surface area contributed by atoms with E-state index in [-0.39, 0.29) is 10.9 Å². The topological polar surface area (TPSA) is 49.3 Å². The number of amides is 1. The van der Waals surface area contributed by atoms with Gasteiger partial charge in [0.2, 0.25) is 5.91 Å². The van der Waals surface area contributed by atoms with Gasteiger partial charge in [0.25, 0.3) is 0 Å². The summed E-state index contributed by atoms with van der Waals surface area (Å²) in [5, 5.41) is 12.2. The minimum absolute atomic E-state index is 0.00636. The molecule has 104 valence electrons. The first-order valence-electron chi connectivity index (χ1n) is 5.86. The number of carbonyl (C=O) groups excluding carboxylic acids is 1. The molecule has 1 rings (SSSR count). The van der Waals surface area contributed by atoms with Crippen LogP contribution in [0.5, 0.6) is 0 Å². The number of hydrogen-bond acceptors (Lipinski definition) is 2. The van der Waals surface area contributed by atoms with Crippen molar-refractivity contribution in [3.63, 3.8) is 0 Å². The van der Waals surface area contributed by atoms with Gasteiger partial charge in [0.1, 0.15) is 5.82 Å². The van der Waals surface area contributed by atoms with Crippen LogP contribution in [-0.4, -0.2) is 22.7 Å². The van der Waals surface area contributed by atoms with Crippen LogP contribution in [0.3, 0.4) is 0 Å². The molecule has 19 heavy (non-hydrogen) atoms. The average Bonchev–Trinajstić information content (AvgIpc) is 2.30. The number of aliphatic hydroxyl groups excluding tert-OH is 1. The second-order valence-electron chi connectivity index (χ2n) is 4.89. The Morgan fingerprint density at radius 2 is 2.16 bits per heavy atom. The van der Waals surface area contributed by atoms with E-state index in [1.54, 1.807) is 20.8 Å². The van der Waals surface area contributed by atoms with Crippen LogP contribution in [0.15, 0.2) is 24.3 Å².